The second kappa shape index (κ2) is 7.04. The monoisotopic (exact) mass is 278 g/mol. The molecule has 1 saturated heterocycles. The molecular weight excluding hydrogens is 252 g/mol. The summed E-state index contributed by atoms with van der Waals surface area (Å²) in [4.78, 5) is 4.29. The summed E-state index contributed by atoms with van der Waals surface area (Å²) in [5, 5.41) is 3.63. The van der Waals surface area contributed by atoms with Crippen LogP contribution in [0.5, 0.6) is 5.75 Å². The SMILES string of the molecule is CCCNC(c1cncc(OC)c1)C1(C)CCCCO1. The van der Waals surface area contributed by atoms with Crippen molar-refractivity contribution in [3.05, 3.63) is 24.0 Å². The number of nitrogens with zero attached hydrogens (tertiary/aromatic N) is 1. The van der Waals surface area contributed by atoms with E-state index in [1.807, 2.05) is 6.20 Å². The molecule has 0 bridgehead atoms. The van der Waals surface area contributed by atoms with Crippen molar-refractivity contribution < 1.29 is 9.47 Å². The maximum absolute atomic E-state index is 6.12. The standard InChI is InChI=1S/C16H26N2O2/c1-4-8-18-15(16(2)7-5-6-9-20-16)13-10-14(19-3)12-17-11-13/h10-12,15,18H,4-9H2,1-3H3. The molecule has 0 saturated carbocycles. The topological polar surface area (TPSA) is 43.4 Å². The lowest BCUT2D eigenvalue weighted by Crippen LogP contribution is -2.46. The highest BCUT2D eigenvalue weighted by Crippen LogP contribution is 2.37. The van der Waals surface area contributed by atoms with Gasteiger partial charge in [-0.05, 0) is 50.8 Å². The lowest BCUT2D eigenvalue weighted by atomic mass is 9.84. The molecule has 20 heavy (non-hydrogen) atoms. The number of methoxy groups -OCH3 is 1. The Balaban J connectivity index is 2.25. The van der Waals surface area contributed by atoms with E-state index in [1.54, 1.807) is 13.3 Å². The van der Waals surface area contributed by atoms with Gasteiger partial charge < -0.3 is 14.8 Å². The first kappa shape index (κ1) is 15.3. The van der Waals surface area contributed by atoms with Crippen LogP contribution in [-0.4, -0.2) is 30.8 Å². The smallest absolute Gasteiger partial charge is 0.137 e. The number of hydrogen-bond acceptors (Lipinski definition) is 4. The number of aromatic nitrogens is 1. The molecule has 0 amide bonds. The third-order valence-corrected chi connectivity index (χ3v) is 4.01. The molecule has 0 aliphatic carbocycles. The molecule has 2 unspecified atom stereocenters. The van der Waals surface area contributed by atoms with Crippen LogP contribution in [0, 0.1) is 0 Å². The quantitative estimate of drug-likeness (QED) is 0.868. The minimum atomic E-state index is -0.165. The molecule has 1 N–H and O–H groups in total. The predicted octanol–water partition coefficient (Wildman–Crippen LogP) is 3.09. The molecule has 1 aliphatic heterocycles. The average molecular weight is 278 g/mol. The highest BCUT2D eigenvalue weighted by Gasteiger charge is 2.37. The Morgan fingerprint density at radius 3 is 2.95 bits per heavy atom. The highest BCUT2D eigenvalue weighted by molar-refractivity contribution is 5.28. The van der Waals surface area contributed by atoms with Gasteiger partial charge in [-0.3, -0.25) is 4.98 Å². The third-order valence-electron chi connectivity index (χ3n) is 4.01. The minimum absolute atomic E-state index is 0.158. The van der Waals surface area contributed by atoms with E-state index in [1.165, 1.54) is 6.42 Å². The first-order valence-electron chi connectivity index (χ1n) is 7.56. The van der Waals surface area contributed by atoms with Crippen LogP contribution >= 0.6 is 0 Å². The van der Waals surface area contributed by atoms with Crippen LogP contribution in [0.2, 0.25) is 0 Å². The van der Waals surface area contributed by atoms with Gasteiger partial charge in [0, 0.05) is 12.8 Å². The van der Waals surface area contributed by atoms with Gasteiger partial charge in [0.05, 0.1) is 24.9 Å². The van der Waals surface area contributed by atoms with Crippen LogP contribution in [-0.2, 0) is 4.74 Å². The molecule has 4 heteroatoms. The molecule has 2 atom stereocenters. The molecule has 1 aromatic rings. The van der Waals surface area contributed by atoms with Gasteiger partial charge in [-0.2, -0.15) is 0 Å². The van der Waals surface area contributed by atoms with Crippen LogP contribution < -0.4 is 10.1 Å². The lowest BCUT2D eigenvalue weighted by molar-refractivity contribution is -0.0898. The molecule has 0 radical (unpaired) electrons. The summed E-state index contributed by atoms with van der Waals surface area (Å²) >= 11 is 0. The largest absolute Gasteiger partial charge is 0.495 e. The van der Waals surface area contributed by atoms with E-state index in [0.29, 0.717) is 0 Å². The second-order valence-electron chi connectivity index (χ2n) is 5.66. The summed E-state index contributed by atoms with van der Waals surface area (Å²) in [6, 6.07) is 2.22. The lowest BCUT2D eigenvalue weighted by Gasteiger charge is -2.41. The van der Waals surface area contributed by atoms with Crippen molar-refractivity contribution in [2.24, 2.45) is 0 Å². The molecule has 2 rings (SSSR count). The number of pyridine rings is 1. The van der Waals surface area contributed by atoms with Crippen molar-refractivity contribution in [3.63, 3.8) is 0 Å². The van der Waals surface area contributed by atoms with Crippen molar-refractivity contribution in [3.8, 4) is 5.75 Å². The molecule has 112 valence electrons. The van der Waals surface area contributed by atoms with Crippen LogP contribution in [0.1, 0.15) is 51.1 Å². The number of rotatable bonds is 6. The fourth-order valence-corrected chi connectivity index (χ4v) is 2.86. The van der Waals surface area contributed by atoms with Crippen LogP contribution in [0.4, 0.5) is 0 Å². The van der Waals surface area contributed by atoms with Crippen molar-refractivity contribution in [2.45, 2.75) is 51.2 Å². The molecule has 4 nitrogen and oxygen atoms in total. The Kier molecular flexibility index (Phi) is 5.38. The number of hydrogen-bond donors (Lipinski definition) is 1. The van der Waals surface area contributed by atoms with Gasteiger partial charge in [0.15, 0.2) is 0 Å². The fourth-order valence-electron chi connectivity index (χ4n) is 2.86. The van der Waals surface area contributed by atoms with E-state index in [2.05, 4.69) is 30.2 Å². The predicted molar refractivity (Wildman–Crippen MR) is 80.0 cm³/mol. The van der Waals surface area contributed by atoms with Crippen molar-refractivity contribution in [2.75, 3.05) is 20.3 Å². The maximum atomic E-state index is 6.12. The molecule has 1 fully saturated rings. The van der Waals surface area contributed by atoms with E-state index < -0.39 is 0 Å². The van der Waals surface area contributed by atoms with Crippen molar-refractivity contribution in [1.82, 2.24) is 10.3 Å². The van der Waals surface area contributed by atoms with Gasteiger partial charge in [0.25, 0.3) is 0 Å². The maximum Gasteiger partial charge on any atom is 0.137 e. The summed E-state index contributed by atoms with van der Waals surface area (Å²) in [6.45, 7) is 6.20. The Hall–Kier alpha value is -1.13. The van der Waals surface area contributed by atoms with Gasteiger partial charge in [-0.1, -0.05) is 6.92 Å². The Labute approximate surface area is 121 Å². The summed E-state index contributed by atoms with van der Waals surface area (Å²) in [6.07, 6.45) is 8.21. The minimum Gasteiger partial charge on any atom is -0.495 e. The first-order chi connectivity index (χ1) is 9.69. The third kappa shape index (κ3) is 3.49. The van der Waals surface area contributed by atoms with Gasteiger partial charge in [0.1, 0.15) is 5.75 Å². The van der Waals surface area contributed by atoms with Crippen LogP contribution in [0.15, 0.2) is 18.5 Å². The molecular formula is C16H26N2O2. The molecule has 1 aromatic heterocycles. The number of ether oxygens (including phenoxy) is 2. The Bertz CT molecular complexity index is 417. The average Bonchev–Trinajstić information content (AvgIpc) is 2.48. The first-order valence-corrected chi connectivity index (χ1v) is 7.56. The van der Waals surface area contributed by atoms with Crippen molar-refractivity contribution in [1.29, 1.82) is 0 Å². The fraction of sp³-hybridized carbons (Fsp3) is 0.688. The molecule has 1 aliphatic rings. The zero-order valence-electron chi connectivity index (χ0n) is 12.8. The van der Waals surface area contributed by atoms with E-state index in [4.69, 9.17) is 9.47 Å². The van der Waals surface area contributed by atoms with Crippen molar-refractivity contribution >= 4 is 0 Å². The molecule has 0 aromatic carbocycles. The van der Waals surface area contributed by atoms with Gasteiger partial charge in [-0.15, -0.1) is 0 Å². The summed E-state index contributed by atoms with van der Waals surface area (Å²) < 4.78 is 11.4. The van der Waals surface area contributed by atoms with Gasteiger partial charge in [-0.25, -0.2) is 0 Å². The van der Waals surface area contributed by atoms with E-state index >= 15 is 0 Å². The molecule has 2 heterocycles. The normalized spacial score (nSPS) is 24.4. The zero-order chi connectivity index (χ0) is 14.4. The van der Waals surface area contributed by atoms with Crippen LogP contribution in [0.25, 0.3) is 0 Å². The zero-order valence-corrected chi connectivity index (χ0v) is 12.8. The summed E-state index contributed by atoms with van der Waals surface area (Å²) in [5.41, 5.74) is 0.976. The van der Waals surface area contributed by atoms with E-state index in [9.17, 15) is 0 Å². The number of nitrogens with one attached hydrogen (secondary N) is 1. The highest BCUT2D eigenvalue weighted by atomic mass is 16.5. The Morgan fingerprint density at radius 2 is 2.30 bits per heavy atom. The summed E-state index contributed by atoms with van der Waals surface area (Å²) in [7, 11) is 1.67. The van der Waals surface area contributed by atoms with Gasteiger partial charge >= 0.3 is 0 Å². The Morgan fingerprint density at radius 1 is 1.45 bits per heavy atom. The van der Waals surface area contributed by atoms with E-state index in [0.717, 1.165) is 43.7 Å². The van der Waals surface area contributed by atoms with E-state index in [-0.39, 0.29) is 11.6 Å². The summed E-state index contributed by atoms with van der Waals surface area (Å²) in [5.74, 6) is 0.796. The second-order valence-corrected chi connectivity index (χ2v) is 5.66. The molecule has 0 spiro atoms. The van der Waals surface area contributed by atoms with Crippen LogP contribution in [0.3, 0.4) is 0 Å². The van der Waals surface area contributed by atoms with Gasteiger partial charge in [0.2, 0.25) is 0 Å².